The van der Waals surface area contributed by atoms with Gasteiger partial charge in [0.2, 0.25) is 0 Å². The predicted octanol–water partition coefficient (Wildman–Crippen LogP) is -4.20. The van der Waals surface area contributed by atoms with Gasteiger partial charge in [-0.2, -0.15) is 0 Å². The first-order valence-corrected chi connectivity index (χ1v) is 13.6. The van der Waals surface area contributed by atoms with E-state index >= 15 is 0 Å². The van der Waals surface area contributed by atoms with Crippen molar-refractivity contribution in [1.82, 2.24) is 0 Å². The largest absolute Gasteiger partial charge is 0.748 e. The van der Waals surface area contributed by atoms with Gasteiger partial charge >= 0.3 is 0 Å². The smallest absolute Gasteiger partial charge is 0.0916 e. The Labute approximate surface area is 164 Å². The number of hydrogen-bond acceptors (Lipinski definition) is 15. The Morgan fingerprint density at radius 3 is 0.346 bits per heavy atom. The van der Waals surface area contributed by atoms with Gasteiger partial charge in [0.1, 0.15) is 0 Å². The fraction of sp³-hybridized carbons (Fsp3) is 1.00. The molecule has 0 heterocycles. The molecule has 0 aromatic heterocycles. The first kappa shape index (κ1) is 40.7. The molecule has 26 heavy (non-hydrogen) atoms. The topological polar surface area (TPSA) is 286 Å². The molecule has 21 heteroatoms. The molecule has 0 fully saturated rings. The van der Waals surface area contributed by atoms with Crippen molar-refractivity contribution in [2.75, 3.05) is 31.3 Å². The minimum absolute atomic E-state index is 0. The molecule has 0 saturated carbocycles. The Bertz CT molecular complexity index is 631. The van der Waals surface area contributed by atoms with Crippen LogP contribution in [0.15, 0.2) is 0 Å². The fourth-order valence-electron chi connectivity index (χ4n) is 0. The summed E-state index contributed by atoms with van der Waals surface area (Å²) in [5, 5.41) is 0. The van der Waals surface area contributed by atoms with E-state index in [1.54, 1.807) is 0 Å². The monoisotopic (exact) mass is 526 g/mol. The van der Waals surface area contributed by atoms with Gasteiger partial charge in [-0.25, -0.2) is 42.1 Å². The van der Waals surface area contributed by atoms with Crippen LogP contribution < -0.4 is 0 Å². The third-order valence-corrected chi connectivity index (χ3v) is 0. The van der Waals surface area contributed by atoms with E-state index in [1.165, 1.54) is 0 Å². The molecular weight excluding hydrogens is 511 g/mol. The third-order valence-electron chi connectivity index (χ3n) is 0. The van der Waals surface area contributed by atoms with Crippen LogP contribution in [0.3, 0.4) is 0 Å². The van der Waals surface area contributed by atoms with Gasteiger partial charge in [-0.15, -0.1) is 0 Å². The Balaban J connectivity index is -0.0000000476. The molecule has 15 nitrogen and oxygen atoms in total. The van der Waals surface area contributed by atoms with Crippen LogP contribution in [0.5, 0.6) is 0 Å². The average molecular weight is 526 g/mol. The molecule has 0 N–H and O–H groups in total. The third kappa shape index (κ3) is 715000. The van der Waals surface area contributed by atoms with Crippen molar-refractivity contribution < 1.29 is 83.4 Å². The minimum atomic E-state index is -3.92. The van der Waals surface area contributed by atoms with E-state index < -0.39 is 50.6 Å². The summed E-state index contributed by atoms with van der Waals surface area (Å²) in [6.45, 7) is 0. The van der Waals surface area contributed by atoms with Crippen LogP contribution >= 0.6 is 0 Å². The van der Waals surface area contributed by atoms with Gasteiger partial charge in [-0.3, -0.25) is 0 Å². The Morgan fingerprint density at radius 2 is 0.346 bits per heavy atom. The Morgan fingerprint density at radius 1 is 0.346 bits per heavy atom. The van der Waals surface area contributed by atoms with Gasteiger partial charge < -0.3 is 22.8 Å². The molecule has 0 amide bonds. The molecule has 0 atom stereocenters. The number of hydrogen-bond donors (Lipinski definition) is 0. The van der Waals surface area contributed by atoms with Gasteiger partial charge in [0.25, 0.3) is 0 Å². The van der Waals surface area contributed by atoms with Crippen LogP contribution in [0.4, 0.5) is 0 Å². The van der Waals surface area contributed by atoms with Crippen LogP contribution in [0.2, 0.25) is 0 Å². The van der Waals surface area contributed by atoms with Crippen LogP contribution in [-0.2, 0) is 69.1 Å². The predicted molar refractivity (Wildman–Crippen MR) is 78.1 cm³/mol. The van der Waals surface area contributed by atoms with Crippen molar-refractivity contribution >= 4 is 50.6 Å². The van der Waals surface area contributed by atoms with E-state index in [0.29, 0.717) is 31.3 Å². The SMILES string of the molecule is CS(=O)(=O)[O-].CS(=O)(=O)[O-].CS(=O)(=O)[O-].CS(=O)(=O)[O-].CS(=O)(=O)[O-].[V]. The normalized spacial score (nSPS) is 11.2. The molecule has 165 valence electrons. The van der Waals surface area contributed by atoms with E-state index in [-0.39, 0.29) is 18.6 Å². The molecule has 0 rings (SSSR count). The van der Waals surface area contributed by atoms with E-state index in [9.17, 15) is 0 Å². The second-order valence-corrected chi connectivity index (χ2v) is 10.6. The van der Waals surface area contributed by atoms with E-state index in [2.05, 4.69) is 0 Å². The molecule has 0 bridgehead atoms. The van der Waals surface area contributed by atoms with Gasteiger partial charge in [0, 0.05) is 49.8 Å². The van der Waals surface area contributed by atoms with Crippen molar-refractivity contribution in [3.05, 3.63) is 0 Å². The fourth-order valence-corrected chi connectivity index (χ4v) is 0. The second kappa shape index (κ2) is 16.1. The van der Waals surface area contributed by atoms with Crippen LogP contribution in [0.1, 0.15) is 0 Å². The zero-order valence-electron chi connectivity index (χ0n) is 13.6. The second-order valence-electron chi connectivity index (χ2n) is 3.52. The van der Waals surface area contributed by atoms with Crippen molar-refractivity contribution in [1.29, 1.82) is 0 Å². The quantitative estimate of drug-likeness (QED) is 0.270. The summed E-state index contributed by atoms with van der Waals surface area (Å²) in [6, 6.07) is 0. The standard InChI is InChI=1S/5CH4O3S.V/c5*1-5(2,3)4;/h5*1H3,(H,2,3,4);/p-5. The summed E-state index contributed by atoms with van der Waals surface area (Å²) in [6.07, 6.45) is 3.02. The molecule has 0 aliphatic rings. The maximum Gasteiger partial charge on any atom is 0.0916 e. The zero-order valence-corrected chi connectivity index (χ0v) is 19.1. The summed E-state index contributed by atoms with van der Waals surface area (Å²) in [5.41, 5.74) is 0. The summed E-state index contributed by atoms with van der Waals surface area (Å²) in [7, 11) is -19.6. The van der Waals surface area contributed by atoms with Crippen molar-refractivity contribution in [3.63, 3.8) is 0 Å². The maximum atomic E-state index is 9.08. The molecule has 0 aliphatic carbocycles. The molecule has 1 radical (unpaired) electrons. The van der Waals surface area contributed by atoms with Crippen LogP contribution in [-0.4, -0.2) is 96.1 Å². The van der Waals surface area contributed by atoms with Gasteiger partial charge in [0.15, 0.2) is 0 Å². The zero-order chi connectivity index (χ0) is 22.5. The number of rotatable bonds is 0. The van der Waals surface area contributed by atoms with Gasteiger partial charge in [-0.05, 0) is 0 Å². The molecule has 0 aliphatic heterocycles. The van der Waals surface area contributed by atoms with Gasteiger partial charge in [0.05, 0.1) is 50.6 Å². The molecular formula is C5H15O15S5V-5. The minimum Gasteiger partial charge on any atom is -0.748 e. The van der Waals surface area contributed by atoms with Gasteiger partial charge in [-0.1, -0.05) is 0 Å². The summed E-state index contributed by atoms with van der Waals surface area (Å²) in [5.74, 6) is 0. The summed E-state index contributed by atoms with van der Waals surface area (Å²) >= 11 is 0. The van der Waals surface area contributed by atoms with E-state index in [4.69, 9.17) is 64.9 Å². The van der Waals surface area contributed by atoms with Crippen molar-refractivity contribution in [2.24, 2.45) is 0 Å². The Hall–Kier alpha value is 0.134. The molecule has 0 saturated heterocycles. The Kier molecular flexibility index (Phi) is 25.3. The average Bonchev–Trinajstić information content (AvgIpc) is 1.79. The summed E-state index contributed by atoms with van der Waals surface area (Å²) in [4.78, 5) is 0. The van der Waals surface area contributed by atoms with Crippen molar-refractivity contribution in [3.8, 4) is 0 Å². The maximum absolute atomic E-state index is 9.08. The molecule has 0 unspecified atom stereocenters. The van der Waals surface area contributed by atoms with Crippen molar-refractivity contribution in [2.45, 2.75) is 0 Å². The molecule has 0 aromatic carbocycles. The van der Waals surface area contributed by atoms with E-state index in [0.717, 1.165) is 0 Å². The first-order chi connectivity index (χ1) is 10.0. The van der Waals surface area contributed by atoms with Crippen LogP contribution in [0.25, 0.3) is 0 Å². The first-order valence-electron chi connectivity index (χ1n) is 4.54. The molecule has 0 aromatic rings. The van der Waals surface area contributed by atoms with E-state index in [1.807, 2.05) is 0 Å². The van der Waals surface area contributed by atoms with Crippen LogP contribution in [0, 0.1) is 0 Å². The summed E-state index contributed by atoms with van der Waals surface area (Å²) < 4.78 is 136. The molecule has 0 spiro atoms.